The maximum atomic E-state index is 12.8. The Labute approximate surface area is 152 Å². The minimum atomic E-state index is -4.62. The Morgan fingerprint density at radius 2 is 1.77 bits per heavy atom. The monoisotopic (exact) mass is 386 g/mol. The highest BCUT2D eigenvalue weighted by Gasteiger charge is 2.33. The highest BCUT2D eigenvalue weighted by molar-refractivity contribution is 6.31. The molecular weight excluding hydrogens is 373 g/mol. The van der Waals surface area contributed by atoms with E-state index in [2.05, 4.69) is 15.4 Å². The van der Waals surface area contributed by atoms with Gasteiger partial charge in [0, 0.05) is 12.2 Å². The summed E-state index contributed by atoms with van der Waals surface area (Å²) < 4.78 is 43.0. The molecule has 9 heteroatoms. The summed E-state index contributed by atoms with van der Waals surface area (Å²) >= 11 is 5.52. The fourth-order valence-electron chi connectivity index (χ4n) is 2.05. The Bertz CT molecular complexity index is 808. The summed E-state index contributed by atoms with van der Waals surface area (Å²) in [5.41, 5.74) is -0.0166. The van der Waals surface area contributed by atoms with E-state index in [1.807, 2.05) is 0 Å². The molecule has 2 aromatic carbocycles. The first kappa shape index (κ1) is 19.6. The molecule has 5 nitrogen and oxygen atoms in total. The van der Waals surface area contributed by atoms with E-state index in [1.165, 1.54) is 25.3 Å². The Balaban J connectivity index is 1.96. The lowest BCUT2D eigenvalue weighted by atomic mass is 10.1. The smallest absolute Gasteiger partial charge is 0.417 e. The molecule has 2 aromatic rings. The maximum absolute atomic E-state index is 12.8. The molecule has 0 saturated carbocycles. The first-order valence-corrected chi connectivity index (χ1v) is 7.67. The highest BCUT2D eigenvalue weighted by Crippen LogP contribution is 2.36. The number of urea groups is 1. The average molecular weight is 387 g/mol. The van der Waals surface area contributed by atoms with Crippen molar-refractivity contribution in [2.45, 2.75) is 12.7 Å². The van der Waals surface area contributed by atoms with Gasteiger partial charge in [-0.15, -0.1) is 0 Å². The van der Waals surface area contributed by atoms with Crippen LogP contribution < -0.4 is 10.6 Å². The number of benzene rings is 2. The zero-order valence-corrected chi connectivity index (χ0v) is 14.2. The fraction of sp³-hybridized carbons (Fsp3) is 0.176. The molecule has 0 aliphatic carbocycles. The van der Waals surface area contributed by atoms with E-state index in [0.29, 0.717) is 11.1 Å². The molecule has 0 radical (unpaired) electrons. The molecule has 0 spiro atoms. The summed E-state index contributed by atoms with van der Waals surface area (Å²) in [5, 5.41) is 4.36. The third-order valence-electron chi connectivity index (χ3n) is 3.36. The standard InChI is InChI=1S/C17H14ClF3N2O3/c1-26-15(24)11-4-2-10(3-5-11)9-22-16(25)23-12-6-7-14(18)13(8-12)17(19,20)21/h2-8H,9H2,1H3,(H2,22,23,25). The largest absolute Gasteiger partial charge is 0.465 e. The van der Waals surface area contributed by atoms with E-state index in [1.54, 1.807) is 12.1 Å². The van der Waals surface area contributed by atoms with Crippen molar-refractivity contribution in [3.05, 3.63) is 64.2 Å². The van der Waals surface area contributed by atoms with Gasteiger partial charge in [0.2, 0.25) is 0 Å². The zero-order chi connectivity index (χ0) is 19.3. The topological polar surface area (TPSA) is 67.4 Å². The number of alkyl halides is 3. The van der Waals surface area contributed by atoms with Gasteiger partial charge < -0.3 is 15.4 Å². The number of hydrogen-bond donors (Lipinski definition) is 2. The number of rotatable bonds is 4. The van der Waals surface area contributed by atoms with Crippen molar-refractivity contribution in [2.24, 2.45) is 0 Å². The van der Waals surface area contributed by atoms with Crippen molar-refractivity contribution in [1.82, 2.24) is 5.32 Å². The van der Waals surface area contributed by atoms with Gasteiger partial charge in [0.15, 0.2) is 0 Å². The molecule has 0 saturated heterocycles. The van der Waals surface area contributed by atoms with Crippen LogP contribution in [0.1, 0.15) is 21.5 Å². The predicted octanol–water partition coefficient (Wildman–Crippen LogP) is 4.47. The van der Waals surface area contributed by atoms with Crippen molar-refractivity contribution in [3.63, 3.8) is 0 Å². The Morgan fingerprint density at radius 3 is 2.35 bits per heavy atom. The normalized spacial score (nSPS) is 11.0. The van der Waals surface area contributed by atoms with Crippen LogP contribution in [0.3, 0.4) is 0 Å². The molecule has 0 fully saturated rings. The van der Waals surface area contributed by atoms with E-state index in [-0.39, 0.29) is 12.2 Å². The highest BCUT2D eigenvalue weighted by atomic mass is 35.5. The van der Waals surface area contributed by atoms with Gasteiger partial charge in [-0.05, 0) is 35.9 Å². The number of carbonyl (C=O) groups is 2. The van der Waals surface area contributed by atoms with Crippen LogP contribution in [-0.2, 0) is 17.5 Å². The third kappa shape index (κ3) is 5.13. The van der Waals surface area contributed by atoms with Crippen LogP contribution in [0.4, 0.5) is 23.7 Å². The van der Waals surface area contributed by atoms with Gasteiger partial charge in [0.25, 0.3) is 0 Å². The number of nitrogens with one attached hydrogen (secondary N) is 2. The third-order valence-corrected chi connectivity index (χ3v) is 3.69. The lowest BCUT2D eigenvalue weighted by molar-refractivity contribution is -0.137. The van der Waals surface area contributed by atoms with Crippen LogP contribution in [0.25, 0.3) is 0 Å². The van der Waals surface area contributed by atoms with Gasteiger partial charge in [-0.2, -0.15) is 13.2 Å². The van der Waals surface area contributed by atoms with Crippen molar-refractivity contribution < 1.29 is 27.5 Å². The van der Waals surface area contributed by atoms with Crippen LogP contribution in [-0.4, -0.2) is 19.1 Å². The first-order chi connectivity index (χ1) is 12.2. The number of carbonyl (C=O) groups excluding carboxylic acids is 2. The van der Waals surface area contributed by atoms with E-state index >= 15 is 0 Å². The second-order valence-electron chi connectivity index (χ2n) is 5.19. The number of methoxy groups -OCH3 is 1. The molecule has 26 heavy (non-hydrogen) atoms. The number of ether oxygens (including phenoxy) is 1. The second kappa shape index (κ2) is 8.09. The molecule has 138 valence electrons. The first-order valence-electron chi connectivity index (χ1n) is 7.29. The van der Waals surface area contributed by atoms with Gasteiger partial charge in [-0.3, -0.25) is 0 Å². The van der Waals surface area contributed by atoms with Crippen molar-refractivity contribution in [2.75, 3.05) is 12.4 Å². The van der Waals surface area contributed by atoms with Gasteiger partial charge in [0.05, 0.1) is 23.3 Å². The number of amides is 2. The summed E-state index contributed by atoms with van der Waals surface area (Å²) in [5.74, 6) is -0.481. The quantitative estimate of drug-likeness (QED) is 0.762. The lowest BCUT2D eigenvalue weighted by Gasteiger charge is -2.12. The van der Waals surface area contributed by atoms with Crippen LogP contribution >= 0.6 is 11.6 Å². The molecule has 0 aliphatic rings. The van der Waals surface area contributed by atoms with E-state index in [4.69, 9.17) is 11.6 Å². The fourth-order valence-corrected chi connectivity index (χ4v) is 2.28. The second-order valence-corrected chi connectivity index (χ2v) is 5.60. The van der Waals surface area contributed by atoms with E-state index < -0.39 is 28.8 Å². The Kier molecular flexibility index (Phi) is 6.10. The summed E-state index contributed by atoms with van der Waals surface area (Å²) in [4.78, 5) is 23.2. The summed E-state index contributed by atoms with van der Waals surface area (Å²) in [6, 6.07) is 8.72. The molecule has 0 aliphatic heterocycles. The van der Waals surface area contributed by atoms with Gasteiger partial charge in [-0.1, -0.05) is 23.7 Å². The molecule has 0 aromatic heterocycles. The molecular formula is C17H14ClF3N2O3. The number of halogens is 4. The average Bonchev–Trinajstić information content (AvgIpc) is 2.60. The minimum Gasteiger partial charge on any atom is -0.465 e. The van der Waals surface area contributed by atoms with Gasteiger partial charge in [-0.25, -0.2) is 9.59 Å². The lowest BCUT2D eigenvalue weighted by Crippen LogP contribution is -2.28. The van der Waals surface area contributed by atoms with E-state index in [9.17, 15) is 22.8 Å². The summed E-state index contributed by atoms with van der Waals surface area (Å²) in [7, 11) is 1.27. The van der Waals surface area contributed by atoms with Crippen LogP contribution in [0, 0.1) is 0 Å². The molecule has 0 unspecified atom stereocenters. The predicted molar refractivity (Wildman–Crippen MR) is 90.1 cm³/mol. The van der Waals surface area contributed by atoms with Gasteiger partial charge in [0.1, 0.15) is 0 Å². The Hall–Kier alpha value is -2.74. The SMILES string of the molecule is COC(=O)c1ccc(CNC(=O)Nc2ccc(Cl)c(C(F)(F)F)c2)cc1. The summed E-state index contributed by atoms with van der Waals surface area (Å²) in [6.45, 7) is 0.118. The molecule has 2 amide bonds. The van der Waals surface area contributed by atoms with Crippen LogP contribution in [0.2, 0.25) is 5.02 Å². The summed E-state index contributed by atoms with van der Waals surface area (Å²) in [6.07, 6.45) is -4.62. The molecule has 0 atom stereocenters. The molecule has 0 heterocycles. The van der Waals surface area contributed by atoms with Crippen molar-refractivity contribution in [1.29, 1.82) is 0 Å². The number of esters is 1. The minimum absolute atomic E-state index is 0.0414. The maximum Gasteiger partial charge on any atom is 0.417 e. The van der Waals surface area contributed by atoms with Crippen molar-refractivity contribution in [3.8, 4) is 0 Å². The van der Waals surface area contributed by atoms with E-state index in [0.717, 1.165) is 12.1 Å². The number of hydrogen-bond acceptors (Lipinski definition) is 3. The molecule has 0 bridgehead atoms. The Morgan fingerprint density at radius 1 is 1.12 bits per heavy atom. The van der Waals surface area contributed by atoms with Gasteiger partial charge >= 0.3 is 18.2 Å². The zero-order valence-electron chi connectivity index (χ0n) is 13.5. The van der Waals surface area contributed by atoms with Crippen molar-refractivity contribution >= 4 is 29.3 Å². The number of anilines is 1. The molecule has 2 N–H and O–H groups in total. The van der Waals surface area contributed by atoms with Crippen LogP contribution in [0.15, 0.2) is 42.5 Å². The molecule has 2 rings (SSSR count). The van der Waals surface area contributed by atoms with Crippen LogP contribution in [0.5, 0.6) is 0 Å².